The molecule has 0 atom stereocenters. The van der Waals surface area contributed by atoms with Crippen LogP contribution in [0.3, 0.4) is 0 Å². The Balaban J connectivity index is 1.49. The molecule has 0 radical (unpaired) electrons. The van der Waals surface area contributed by atoms with E-state index in [2.05, 4.69) is 25.6 Å². The number of aromatic amines is 1. The van der Waals surface area contributed by atoms with Crippen LogP contribution in [0.4, 0.5) is 10.2 Å². The van der Waals surface area contributed by atoms with Crippen LogP contribution in [0.15, 0.2) is 30.7 Å². The Bertz CT molecular complexity index is 958. The molecule has 0 bridgehead atoms. The lowest BCUT2D eigenvalue weighted by atomic mass is 9.73. The molecule has 5 rings (SSSR count). The van der Waals surface area contributed by atoms with Gasteiger partial charge in [0.2, 0.25) is 0 Å². The van der Waals surface area contributed by atoms with Crippen molar-refractivity contribution in [2.45, 2.75) is 37.0 Å². The number of pyridine rings is 1. The van der Waals surface area contributed by atoms with Crippen LogP contribution >= 0.6 is 0 Å². The van der Waals surface area contributed by atoms with Gasteiger partial charge in [0.15, 0.2) is 0 Å². The van der Waals surface area contributed by atoms with Crippen LogP contribution in [0.25, 0.3) is 11.0 Å². The summed E-state index contributed by atoms with van der Waals surface area (Å²) >= 11 is 0. The summed E-state index contributed by atoms with van der Waals surface area (Å²) in [6.45, 7) is 2.39. The van der Waals surface area contributed by atoms with Crippen molar-refractivity contribution in [2.75, 3.05) is 25.0 Å². The molecule has 1 aliphatic heterocycles. The zero-order chi connectivity index (χ0) is 18.3. The van der Waals surface area contributed by atoms with Crippen molar-refractivity contribution in [3.8, 4) is 0 Å². The van der Waals surface area contributed by atoms with Crippen LogP contribution in [0.1, 0.15) is 43.0 Å². The summed E-state index contributed by atoms with van der Waals surface area (Å²) in [5.41, 5.74) is 1.34. The van der Waals surface area contributed by atoms with E-state index in [-0.39, 0.29) is 11.2 Å². The van der Waals surface area contributed by atoms with Gasteiger partial charge in [0.05, 0.1) is 11.6 Å². The molecule has 0 aromatic carbocycles. The molecule has 3 aromatic rings. The molecule has 0 amide bonds. The van der Waals surface area contributed by atoms with Crippen molar-refractivity contribution in [3.63, 3.8) is 0 Å². The largest absolute Gasteiger partial charge is 0.368 e. The van der Waals surface area contributed by atoms with Gasteiger partial charge in [-0.05, 0) is 56.5 Å². The second-order valence-electron chi connectivity index (χ2n) is 7.68. The van der Waals surface area contributed by atoms with Crippen LogP contribution in [-0.2, 0) is 5.41 Å². The van der Waals surface area contributed by atoms with E-state index in [1.807, 2.05) is 18.3 Å². The first kappa shape index (κ1) is 16.6. The lowest BCUT2D eigenvalue weighted by Crippen LogP contribution is -2.45. The molecule has 3 N–H and O–H groups in total. The molecule has 1 saturated carbocycles. The first-order valence-electron chi connectivity index (χ1n) is 9.65. The maximum absolute atomic E-state index is 14.6. The van der Waals surface area contributed by atoms with Gasteiger partial charge in [-0.1, -0.05) is 0 Å². The number of piperidine rings is 1. The van der Waals surface area contributed by atoms with E-state index >= 15 is 0 Å². The van der Waals surface area contributed by atoms with Gasteiger partial charge in [-0.25, -0.2) is 14.4 Å². The average Bonchev–Trinajstić information content (AvgIpc) is 3.44. The van der Waals surface area contributed by atoms with Gasteiger partial charge >= 0.3 is 0 Å². The summed E-state index contributed by atoms with van der Waals surface area (Å²) in [5, 5.41) is 7.92. The molecule has 2 fully saturated rings. The van der Waals surface area contributed by atoms with Gasteiger partial charge < -0.3 is 15.6 Å². The van der Waals surface area contributed by atoms with Gasteiger partial charge in [0.1, 0.15) is 23.1 Å². The highest BCUT2D eigenvalue weighted by Gasteiger charge is 2.36. The summed E-state index contributed by atoms with van der Waals surface area (Å²) in [5.74, 6) is 2.00. The average molecular weight is 366 g/mol. The third-order valence-corrected chi connectivity index (χ3v) is 5.87. The Morgan fingerprint density at radius 3 is 2.81 bits per heavy atom. The second kappa shape index (κ2) is 6.56. The highest BCUT2D eigenvalue weighted by atomic mass is 19.1. The number of anilines is 1. The molecule has 140 valence electrons. The Kier molecular flexibility index (Phi) is 4.04. The zero-order valence-corrected chi connectivity index (χ0v) is 15.1. The van der Waals surface area contributed by atoms with Gasteiger partial charge in [0.25, 0.3) is 0 Å². The lowest BCUT2D eigenvalue weighted by molar-refractivity contribution is 0.312. The minimum absolute atomic E-state index is 0.227. The Hall–Kier alpha value is -2.54. The number of nitrogens with zero attached hydrogens (tertiary/aromatic N) is 3. The third-order valence-electron chi connectivity index (χ3n) is 5.87. The summed E-state index contributed by atoms with van der Waals surface area (Å²) in [6.07, 6.45) is 8.95. The number of hydrogen-bond acceptors (Lipinski definition) is 5. The molecule has 0 spiro atoms. The number of nitrogens with one attached hydrogen (secondary N) is 3. The van der Waals surface area contributed by atoms with E-state index in [0.717, 1.165) is 67.0 Å². The molecule has 6 nitrogen and oxygen atoms in total. The number of rotatable bonds is 5. The molecule has 7 heteroatoms. The SMILES string of the molecule is Fc1cnccc1C1(CNc2nc(C3CC3)nc3[nH]ccc23)CCNCC1. The van der Waals surface area contributed by atoms with Gasteiger partial charge in [-0.15, -0.1) is 0 Å². The van der Waals surface area contributed by atoms with Crippen molar-refractivity contribution in [3.05, 3.63) is 47.9 Å². The Morgan fingerprint density at radius 2 is 2.04 bits per heavy atom. The van der Waals surface area contributed by atoms with Crippen LogP contribution in [-0.4, -0.2) is 39.6 Å². The summed E-state index contributed by atoms with van der Waals surface area (Å²) in [7, 11) is 0. The molecule has 4 heterocycles. The fourth-order valence-electron chi connectivity index (χ4n) is 4.12. The molecule has 1 aliphatic carbocycles. The molecular formula is C20H23FN6. The van der Waals surface area contributed by atoms with Crippen LogP contribution in [0.5, 0.6) is 0 Å². The Morgan fingerprint density at radius 1 is 1.19 bits per heavy atom. The zero-order valence-electron chi connectivity index (χ0n) is 15.1. The molecule has 27 heavy (non-hydrogen) atoms. The van der Waals surface area contributed by atoms with Crippen LogP contribution in [0.2, 0.25) is 0 Å². The lowest BCUT2D eigenvalue weighted by Gasteiger charge is -2.38. The molecule has 3 aromatic heterocycles. The standard InChI is InChI=1S/C20H23FN6/c21-16-11-23-7-4-15(16)20(5-9-22-10-6-20)12-25-19-14-3-8-24-18(14)26-17(27-19)13-1-2-13/h3-4,7-8,11,13,22H,1-2,5-6,9-10,12H2,(H2,24,25,26,27). The summed E-state index contributed by atoms with van der Waals surface area (Å²) in [6, 6.07) is 3.82. The van der Waals surface area contributed by atoms with E-state index in [0.29, 0.717) is 12.5 Å². The predicted octanol–water partition coefficient (Wildman–Crippen LogP) is 3.10. The Labute approximate surface area is 157 Å². The number of hydrogen-bond donors (Lipinski definition) is 3. The van der Waals surface area contributed by atoms with Crippen molar-refractivity contribution < 1.29 is 4.39 Å². The third kappa shape index (κ3) is 3.06. The highest BCUT2D eigenvalue weighted by Crippen LogP contribution is 2.40. The van der Waals surface area contributed by atoms with Gasteiger partial charge in [-0.2, -0.15) is 0 Å². The first-order valence-corrected chi connectivity index (χ1v) is 9.65. The van der Waals surface area contributed by atoms with E-state index in [4.69, 9.17) is 4.98 Å². The summed E-state index contributed by atoms with van der Waals surface area (Å²) in [4.78, 5) is 16.6. The minimum Gasteiger partial charge on any atom is -0.368 e. The minimum atomic E-state index is -0.272. The molecule has 1 saturated heterocycles. The number of fused-ring (bicyclic) bond motifs is 1. The van der Waals surface area contributed by atoms with Gasteiger partial charge in [0, 0.05) is 30.3 Å². The van der Waals surface area contributed by atoms with E-state index in [1.54, 1.807) is 6.20 Å². The van der Waals surface area contributed by atoms with Crippen molar-refractivity contribution in [1.82, 2.24) is 25.3 Å². The fraction of sp³-hybridized carbons (Fsp3) is 0.450. The molecule has 0 unspecified atom stereocenters. The van der Waals surface area contributed by atoms with E-state index in [9.17, 15) is 4.39 Å². The number of aromatic nitrogens is 4. The highest BCUT2D eigenvalue weighted by molar-refractivity contribution is 5.87. The molecular weight excluding hydrogens is 343 g/mol. The number of H-pyrrole nitrogens is 1. The van der Waals surface area contributed by atoms with Crippen molar-refractivity contribution >= 4 is 16.9 Å². The van der Waals surface area contributed by atoms with Gasteiger partial charge in [-0.3, -0.25) is 4.98 Å². The normalized spacial score (nSPS) is 19.3. The fourth-order valence-corrected chi connectivity index (χ4v) is 4.12. The predicted molar refractivity (Wildman–Crippen MR) is 102 cm³/mol. The maximum atomic E-state index is 14.6. The van der Waals surface area contributed by atoms with Crippen molar-refractivity contribution in [2.24, 2.45) is 0 Å². The quantitative estimate of drug-likeness (QED) is 0.647. The number of halogens is 1. The van der Waals surface area contributed by atoms with E-state index < -0.39 is 0 Å². The first-order chi connectivity index (χ1) is 13.3. The maximum Gasteiger partial charge on any atom is 0.145 e. The van der Waals surface area contributed by atoms with E-state index in [1.165, 1.54) is 6.20 Å². The topological polar surface area (TPSA) is 78.5 Å². The summed E-state index contributed by atoms with van der Waals surface area (Å²) < 4.78 is 14.6. The van der Waals surface area contributed by atoms with Crippen LogP contribution < -0.4 is 10.6 Å². The smallest absolute Gasteiger partial charge is 0.145 e. The van der Waals surface area contributed by atoms with Crippen LogP contribution in [0, 0.1) is 5.82 Å². The van der Waals surface area contributed by atoms with Crippen molar-refractivity contribution in [1.29, 1.82) is 0 Å². The second-order valence-corrected chi connectivity index (χ2v) is 7.68. The monoisotopic (exact) mass is 366 g/mol. The molecule has 2 aliphatic rings.